The van der Waals surface area contributed by atoms with Crippen molar-refractivity contribution in [3.05, 3.63) is 42.6 Å². The minimum absolute atomic E-state index is 0. The highest BCUT2D eigenvalue weighted by atomic mass is 79.9. The zero-order chi connectivity index (χ0) is 14.8. The van der Waals surface area contributed by atoms with Gasteiger partial charge >= 0.3 is 0 Å². The van der Waals surface area contributed by atoms with Gasteiger partial charge in [0.2, 0.25) is 0 Å². The summed E-state index contributed by atoms with van der Waals surface area (Å²) in [5, 5.41) is 0.520. The van der Waals surface area contributed by atoms with Crippen molar-refractivity contribution in [2.45, 2.75) is 0 Å². The first kappa shape index (κ1) is 16.3. The molecule has 0 saturated carbocycles. The van der Waals surface area contributed by atoms with Gasteiger partial charge in [-0.25, -0.2) is 9.97 Å². The van der Waals surface area contributed by atoms with Gasteiger partial charge in [0.1, 0.15) is 11.6 Å². The molecule has 0 unspecified atom stereocenters. The fourth-order valence-electron chi connectivity index (χ4n) is 2.07. The van der Waals surface area contributed by atoms with Crippen LogP contribution in [0.3, 0.4) is 0 Å². The maximum Gasteiger partial charge on any atom is 0.181 e. The molecule has 0 aliphatic heterocycles. The predicted octanol–water partition coefficient (Wildman–Crippen LogP) is 3.62. The SMILES string of the molecule is Br.COc1ccc(-c2nc(N)sc2-c2ccnc(N)c2)cc1. The third-order valence-corrected chi connectivity index (χ3v) is 3.98. The monoisotopic (exact) mass is 378 g/mol. The number of benzene rings is 1. The number of rotatable bonds is 3. The van der Waals surface area contributed by atoms with Gasteiger partial charge in [-0.15, -0.1) is 17.0 Å². The molecule has 3 aromatic rings. The Morgan fingerprint density at radius 3 is 2.41 bits per heavy atom. The zero-order valence-electron chi connectivity index (χ0n) is 11.8. The lowest BCUT2D eigenvalue weighted by Crippen LogP contribution is -1.90. The van der Waals surface area contributed by atoms with Crippen LogP contribution in [0.15, 0.2) is 42.6 Å². The fourth-order valence-corrected chi connectivity index (χ4v) is 2.92. The third-order valence-electron chi connectivity index (χ3n) is 3.05. The highest BCUT2D eigenvalue weighted by Crippen LogP contribution is 2.38. The number of hydrogen-bond donors (Lipinski definition) is 2. The predicted molar refractivity (Wildman–Crippen MR) is 96.5 cm³/mol. The van der Waals surface area contributed by atoms with E-state index in [9.17, 15) is 0 Å². The normalized spacial score (nSPS) is 10.0. The lowest BCUT2D eigenvalue weighted by atomic mass is 10.1. The van der Waals surface area contributed by atoms with Gasteiger partial charge in [-0.1, -0.05) is 11.3 Å². The molecule has 2 heterocycles. The van der Waals surface area contributed by atoms with Gasteiger partial charge in [-0.05, 0) is 42.0 Å². The molecule has 0 bridgehead atoms. The summed E-state index contributed by atoms with van der Waals surface area (Å²) in [4.78, 5) is 9.43. The summed E-state index contributed by atoms with van der Waals surface area (Å²) in [7, 11) is 1.64. The molecule has 1 aromatic carbocycles. The number of nitrogens with zero attached hydrogens (tertiary/aromatic N) is 2. The topological polar surface area (TPSA) is 87.0 Å². The van der Waals surface area contributed by atoms with Crippen LogP contribution in [0, 0.1) is 0 Å². The van der Waals surface area contributed by atoms with E-state index in [4.69, 9.17) is 16.2 Å². The van der Waals surface area contributed by atoms with E-state index in [1.165, 1.54) is 11.3 Å². The molecule has 5 nitrogen and oxygen atoms in total. The summed E-state index contributed by atoms with van der Waals surface area (Å²) in [6, 6.07) is 11.4. The minimum atomic E-state index is 0. The number of anilines is 2. The molecule has 3 rings (SSSR count). The molecular weight excluding hydrogens is 364 g/mol. The van der Waals surface area contributed by atoms with E-state index in [-0.39, 0.29) is 17.0 Å². The summed E-state index contributed by atoms with van der Waals surface area (Å²) in [5.74, 6) is 1.27. The third kappa shape index (κ3) is 3.20. The summed E-state index contributed by atoms with van der Waals surface area (Å²) >= 11 is 1.43. The molecule has 7 heteroatoms. The first-order valence-corrected chi connectivity index (χ1v) is 7.11. The van der Waals surface area contributed by atoms with Gasteiger partial charge in [0, 0.05) is 11.8 Å². The number of thiazole rings is 1. The molecule has 4 N–H and O–H groups in total. The van der Waals surface area contributed by atoms with Crippen LogP contribution in [0.1, 0.15) is 0 Å². The Morgan fingerprint density at radius 2 is 1.77 bits per heavy atom. The van der Waals surface area contributed by atoms with E-state index in [0.717, 1.165) is 27.4 Å². The van der Waals surface area contributed by atoms with Crippen LogP contribution in [0.2, 0.25) is 0 Å². The van der Waals surface area contributed by atoms with Crippen molar-refractivity contribution < 1.29 is 4.74 Å². The maximum absolute atomic E-state index is 5.88. The van der Waals surface area contributed by atoms with Gasteiger partial charge in [0.05, 0.1) is 17.7 Å². The molecule has 0 aliphatic carbocycles. The van der Waals surface area contributed by atoms with Gasteiger partial charge in [-0.3, -0.25) is 0 Å². The number of methoxy groups -OCH3 is 1. The lowest BCUT2D eigenvalue weighted by Gasteiger charge is -2.04. The van der Waals surface area contributed by atoms with E-state index in [1.807, 2.05) is 36.4 Å². The lowest BCUT2D eigenvalue weighted by molar-refractivity contribution is 0.415. The molecule has 0 amide bonds. The second kappa shape index (κ2) is 6.76. The molecule has 114 valence electrons. The van der Waals surface area contributed by atoms with Crippen molar-refractivity contribution in [2.24, 2.45) is 0 Å². The van der Waals surface area contributed by atoms with E-state index in [2.05, 4.69) is 9.97 Å². The smallest absolute Gasteiger partial charge is 0.181 e. The van der Waals surface area contributed by atoms with Crippen LogP contribution >= 0.6 is 28.3 Å². The van der Waals surface area contributed by atoms with Crippen LogP contribution < -0.4 is 16.2 Å². The zero-order valence-corrected chi connectivity index (χ0v) is 14.3. The molecule has 0 radical (unpaired) electrons. The number of nitrogen functional groups attached to an aromatic ring is 2. The number of ether oxygens (including phenoxy) is 1. The van der Waals surface area contributed by atoms with Gasteiger partial charge in [0.25, 0.3) is 0 Å². The number of pyridine rings is 1. The summed E-state index contributed by atoms with van der Waals surface area (Å²) in [6.45, 7) is 0. The van der Waals surface area contributed by atoms with E-state index in [0.29, 0.717) is 10.9 Å². The van der Waals surface area contributed by atoms with Crippen LogP contribution in [-0.4, -0.2) is 17.1 Å². The van der Waals surface area contributed by atoms with E-state index in [1.54, 1.807) is 13.3 Å². The first-order valence-electron chi connectivity index (χ1n) is 6.30. The Kier molecular flexibility index (Phi) is 4.99. The molecule has 22 heavy (non-hydrogen) atoms. The number of nitrogens with two attached hydrogens (primary N) is 2. The number of aromatic nitrogens is 2. The molecule has 0 fully saturated rings. The highest BCUT2D eigenvalue weighted by molar-refractivity contribution is 8.93. The van der Waals surface area contributed by atoms with Crippen molar-refractivity contribution in [3.63, 3.8) is 0 Å². The first-order chi connectivity index (χ1) is 10.2. The molecule has 0 saturated heterocycles. The summed E-state index contributed by atoms with van der Waals surface area (Å²) in [6.07, 6.45) is 1.68. The Bertz CT molecular complexity index is 773. The highest BCUT2D eigenvalue weighted by Gasteiger charge is 2.14. The van der Waals surface area contributed by atoms with E-state index < -0.39 is 0 Å². The van der Waals surface area contributed by atoms with Gasteiger partial charge in [0.15, 0.2) is 5.13 Å². The van der Waals surface area contributed by atoms with Crippen molar-refractivity contribution in [2.75, 3.05) is 18.6 Å². The maximum atomic E-state index is 5.88. The molecule has 2 aromatic heterocycles. The Labute approximate surface area is 142 Å². The molecular formula is C15H15BrN4OS. The number of hydrogen-bond acceptors (Lipinski definition) is 6. The van der Waals surface area contributed by atoms with Gasteiger partial charge < -0.3 is 16.2 Å². The van der Waals surface area contributed by atoms with Crippen LogP contribution in [0.25, 0.3) is 21.7 Å². The van der Waals surface area contributed by atoms with Crippen LogP contribution in [-0.2, 0) is 0 Å². The minimum Gasteiger partial charge on any atom is -0.497 e. The average molecular weight is 379 g/mol. The second-order valence-corrected chi connectivity index (χ2v) is 5.46. The Morgan fingerprint density at radius 1 is 1.05 bits per heavy atom. The quantitative estimate of drug-likeness (QED) is 0.726. The molecule has 0 spiro atoms. The Balaban J connectivity index is 0.00000176. The summed E-state index contributed by atoms with van der Waals surface area (Å²) < 4.78 is 5.17. The summed E-state index contributed by atoms with van der Waals surface area (Å²) in [5.41, 5.74) is 14.4. The van der Waals surface area contributed by atoms with Crippen molar-refractivity contribution in [1.82, 2.24) is 9.97 Å². The molecule has 0 atom stereocenters. The van der Waals surface area contributed by atoms with E-state index >= 15 is 0 Å². The largest absolute Gasteiger partial charge is 0.497 e. The fraction of sp³-hybridized carbons (Fsp3) is 0.0667. The number of halogens is 1. The van der Waals surface area contributed by atoms with Crippen LogP contribution in [0.5, 0.6) is 5.75 Å². The second-order valence-electron chi connectivity index (χ2n) is 4.43. The van der Waals surface area contributed by atoms with Crippen molar-refractivity contribution >= 4 is 39.3 Å². The average Bonchev–Trinajstić information content (AvgIpc) is 2.89. The standard InChI is InChI=1S/C15H14N4OS.BrH/c1-20-11-4-2-9(3-5-11)13-14(21-15(17)19-13)10-6-7-18-12(16)8-10;/h2-8H,1H3,(H2,16,18)(H2,17,19);1H. The van der Waals surface area contributed by atoms with Crippen molar-refractivity contribution in [3.8, 4) is 27.4 Å². The molecule has 0 aliphatic rings. The van der Waals surface area contributed by atoms with Crippen molar-refractivity contribution in [1.29, 1.82) is 0 Å². The van der Waals surface area contributed by atoms with Crippen LogP contribution in [0.4, 0.5) is 10.9 Å². The Hall–Kier alpha value is -2.12. The van der Waals surface area contributed by atoms with Gasteiger partial charge in [-0.2, -0.15) is 0 Å².